The van der Waals surface area contributed by atoms with Crippen molar-refractivity contribution in [3.63, 3.8) is 0 Å². The van der Waals surface area contributed by atoms with Gasteiger partial charge in [0.15, 0.2) is 5.78 Å². The lowest BCUT2D eigenvalue weighted by molar-refractivity contribution is -0.112. The van der Waals surface area contributed by atoms with Crippen molar-refractivity contribution >= 4 is 46.1 Å². The topological polar surface area (TPSA) is 61.8 Å². The van der Waals surface area contributed by atoms with Crippen molar-refractivity contribution in [1.29, 1.82) is 0 Å². The maximum Gasteiger partial charge on any atom is 0.259 e. The summed E-state index contributed by atoms with van der Waals surface area (Å²) in [5.74, 6) is -0.860. The molecular weight excluding hydrogens is 446 g/mol. The van der Waals surface area contributed by atoms with Crippen LogP contribution in [0.3, 0.4) is 0 Å². The number of Topliss-reactive ketones (excluding diaryl/α,β-unsaturated/α-hetero) is 1. The van der Waals surface area contributed by atoms with Crippen LogP contribution in [0, 0.1) is 6.92 Å². The van der Waals surface area contributed by atoms with Gasteiger partial charge in [0.05, 0.1) is 27.7 Å². The van der Waals surface area contributed by atoms with Gasteiger partial charge in [0, 0.05) is 29.9 Å². The number of aliphatic imine (C=N–C) groups is 1. The number of hydrogen-bond acceptors (Lipinski definition) is 4. The van der Waals surface area contributed by atoms with E-state index in [2.05, 4.69) is 30.1 Å². The molecule has 172 valence electrons. The third-order valence-electron chi connectivity index (χ3n) is 5.89. The molecule has 0 aromatic heterocycles. The van der Waals surface area contributed by atoms with Crippen LogP contribution in [0.5, 0.6) is 0 Å². The molecular formula is C28H26ClN3O2. The quantitative estimate of drug-likeness (QED) is 0.424. The summed E-state index contributed by atoms with van der Waals surface area (Å²) in [5, 5.41) is 3.15. The van der Waals surface area contributed by atoms with E-state index >= 15 is 0 Å². The van der Waals surface area contributed by atoms with E-state index in [4.69, 9.17) is 16.6 Å². The molecule has 6 heteroatoms. The van der Waals surface area contributed by atoms with Gasteiger partial charge in [-0.05, 0) is 62.7 Å². The zero-order valence-corrected chi connectivity index (χ0v) is 20.2. The highest BCUT2D eigenvalue weighted by Gasteiger charge is 2.29. The van der Waals surface area contributed by atoms with E-state index in [-0.39, 0.29) is 11.4 Å². The highest BCUT2D eigenvalue weighted by Crippen LogP contribution is 2.29. The van der Waals surface area contributed by atoms with Gasteiger partial charge in [-0.2, -0.15) is 0 Å². The molecule has 1 aliphatic carbocycles. The number of halogens is 1. The molecule has 0 heterocycles. The largest absolute Gasteiger partial charge is 0.372 e. The molecule has 0 atom stereocenters. The van der Waals surface area contributed by atoms with Crippen LogP contribution in [0.2, 0.25) is 5.02 Å². The SMILES string of the molecule is CCN(CC)c1ccc(N=C2C=C(C(=O)Nc3ccccc3Cl)C(=O)c3ccccc32)c(C)c1. The monoisotopic (exact) mass is 471 g/mol. The van der Waals surface area contributed by atoms with Gasteiger partial charge in [-0.1, -0.05) is 48.0 Å². The predicted molar refractivity (Wildman–Crippen MR) is 140 cm³/mol. The zero-order chi connectivity index (χ0) is 24.2. The van der Waals surface area contributed by atoms with Gasteiger partial charge in [-0.25, -0.2) is 4.99 Å². The van der Waals surface area contributed by atoms with E-state index in [0.717, 1.165) is 30.0 Å². The van der Waals surface area contributed by atoms with Crippen LogP contribution in [0.4, 0.5) is 17.1 Å². The second-order valence-corrected chi connectivity index (χ2v) is 8.41. The van der Waals surface area contributed by atoms with E-state index in [1.807, 2.05) is 31.2 Å². The van der Waals surface area contributed by atoms with E-state index in [1.54, 1.807) is 42.5 Å². The molecule has 1 aliphatic rings. The first-order chi connectivity index (χ1) is 16.4. The minimum absolute atomic E-state index is 0.0229. The van der Waals surface area contributed by atoms with Crippen LogP contribution in [-0.2, 0) is 4.79 Å². The first kappa shape index (κ1) is 23.5. The van der Waals surface area contributed by atoms with E-state index in [9.17, 15) is 9.59 Å². The summed E-state index contributed by atoms with van der Waals surface area (Å²) in [6.07, 6.45) is 1.56. The average Bonchev–Trinajstić information content (AvgIpc) is 2.84. The number of aryl methyl sites for hydroxylation is 1. The molecule has 0 unspecified atom stereocenters. The fourth-order valence-corrected chi connectivity index (χ4v) is 4.21. The van der Waals surface area contributed by atoms with Gasteiger partial charge in [-0.3, -0.25) is 9.59 Å². The summed E-state index contributed by atoms with van der Waals surface area (Å²) in [6.45, 7) is 8.12. The molecule has 1 amide bonds. The Morgan fingerprint density at radius 1 is 0.971 bits per heavy atom. The molecule has 5 nitrogen and oxygen atoms in total. The third kappa shape index (κ3) is 4.66. The second kappa shape index (κ2) is 10.1. The molecule has 0 radical (unpaired) electrons. The lowest BCUT2D eigenvalue weighted by Crippen LogP contribution is -2.26. The van der Waals surface area contributed by atoms with Crippen LogP contribution in [-0.4, -0.2) is 30.5 Å². The summed E-state index contributed by atoms with van der Waals surface area (Å²) < 4.78 is 0. The fraction of sp³-hybridized carbons (Fsp3) is 0.179. The number of rotatable bonds is 6. The molecule has 0 bridgehead atoms. The van der Waals surface area contributed by atoms with Gasteiger partial charge >= 0.3 is 0 Å². The normalized spacial score (nSPS) is 13.9. The lowest BCUT2D eigenvalue weighted by atomic mass is 9.88. The molecule has 0 saturated carbocycles. The van der Waals surface area contributed by atoms with Crippen LogP contribution < -0.4 is 10.2 Å². The standard InChI is InChI=1S/C28H26ClN3O2/c1-4-32(5-2)19-14-15-24(18(3)16-19)30-26-17-22(27(33)21-11-7-6-10-20(21)26)28(34)31-25-13-9-8-12-23(25)29/h6-17H,4-5H2,1-3H3,(H,31,34). The number of hydrogen-bond donors (Lipinski definition) is 1. The summed E-state index contributed by atoms with van der Waals surface area (Å²) in [4.78, 5) is 33.4. The smallest absolute Gasteiger partial charge is 0.259 e. The maximum absolute atomic E-state index is 13.2. The fourth-order valence-electron chi connectivity index (χ4n) is 4.02. The van der Waals surface area contributed by atoms with Crippen LogP contribution >= 0.6 is 11.6 Å². The first-order valence-corrected chi connectivity index (χ1v) is 11.7. The van der Waals surface area contributed by atoms with Crippen molar-refractivity contribution in [3.05, 3.63) is 100 Å². The number of nitrogens with zero attached hydrogens (tertiary/aromatic N) is 2. The van der Waals surface area contributed by atoms with Gasteiger partial charge in [-0.15, -0.1) is 0 Å². The number of fused-ring (bicyclic) bond motifs is 1. The number of para-hydroxylation sites is 1. The maximum atomic E-state index is 13.2. The number of ketones is 1. The predicted octanol–water partition coefficient (Wildman–Crippen LogP) is 6.38. The van der Waals surface area contributed by atoms with Gasteiger partial charge in [0.1, 0.15) is 0 Å². The molecule has 4 rings (SSSR count). The number of nitrogens with one attached hydrogen (secondary N) is 1. The van der Waals surface area contributed by atoms with Gasteiger partial charge < -0.3 is 10.2 Å². The van der Waals surface area contributed by atoms with Crippen molar-refractivity contribution < 1.29 is 9.59 Å². The van der Waals surface area contributed by atoms with E-state index in [1.165, 1.54) is 0 Å². The average molecular weight is 472 g/mol. The number of carbonyl (C=O) groups is 2. The highest BCUT2D eigenvalue weighted by molar-refractivity contribution is 6.38. The van der Waals surface area contributed by atoms with Crippen molar-refractivity contribution in [3.8, 4) is 0 Å². The minimum Gasteiger partial charge on any atom is -0.372 e. The Morgan fingerprint density at radius 3 is 2.32 bits per heavy atom. The van der Waals surface area contributed by atoms with Crippen LogP contribution in [0.15, 0.2) is 83.4 Å². The van der Waals surface area contributed by atoms with E-state index in [0.29, 0.717) is 27.5 Å². The van der Waals surface area contributed by atoms with Crippen molar-refractivity contribution in [2.75, 3.05) is 23.3 Å². The van der Waals surface area contributed by atoms with Gasteiger partial charge in [0.2, 0.25) is 0 Å². The molecule has 0 spiro atoms. The number of amides is 1. The lowest BCUT2D eigenvalue weighted by Gasteiger charge is -2.22. The first-order valence-electron chi connectivity index (χ1n) is 11.3. The number of allylic oxidation sites excluding steroid dienone is 1. The molecule has 3 aromatic rings. The third-order valence-corrected chi connectivity index (χ3v) is 6.22. The Hall–Kier alpha value is -3.70. The van der Waals surface area contributed by atoms with Crippen molar-refractivity contribution in [2.45, 2.75) is 20.8 Å². The molecule has 34 heavy (non-hydrogen) atoms. The highest BCUT2D eigenvalue weighted by atomic mass is 35.5. The Kier molecular flexibility index (Phi) is 6.94. The Bertz CT molecular complexity index is 1320. The molecule has 0 fully saturated rings. The van der Waals surface area contributed by atoms with Gasteiger partial charge in [0.25, 0.3) is 5.91 Å². The summed E-state index contributed by atoms with van der Waals surface area (Å²) >= 11 is 6.19. The number of benzene rings is 3. The van der Waals surface area contributed by atoms with Crippen molar-refractivity contribution in [1.82, 2.24) is 0 Å². The minimum atomic E-state index is -0.520. The summed E-state index contributed by atoms with van der Waals surface area (Å²) in [7, 11) is 0. The molecule has 0 saturated heterocycles. The molecule has 0 aliphatic heterocycles. The van der Waals surface area contributed by atoms with Crippen LogP contribution in [0.25, 0.3) is 0 Å². The summed E-state index contributed by atoms with van der Waals surface area (Å²) in [5.41, 5.74) is 5.13. The second-order valence-electron chi connectivity index (χ2n) is 8.01. The Balaban J connectivity index is 1.75. The Labute approximate surface area is 204 Å². The zero-order valence-electron chi connectivity index (χ0n) is 19.4. The van der Waals surface area contributed by atoms with Crippen molar-refractivity contribution in [2.24, 2.45) is 4.99 Å². The van der Waals surface area contributed by atoms with Crippen LogP contribution in [0.1, 0.15) is 35.3 Å². The van der Waals surface area contributed by atoms with E-state index < -0.39 is 5.91 Å². The number of anilines is 2. The number of carbonyl (C=O) groups excluding carboxylic acids is 2. The summed E-state index contributed by atoms with van der Waals surface area (Å²) in [6, 6.07) is 20.3. The molecule has 1 N–H and O–H groups in total. The Morgan fingerprint density at radius 2 is 1.65 bits per heavy atom. The molecule has 3 aromatic carbocycles.